The fourth-order valence-electron chi connectivity index (χ4n) is 1.76. The van der Waals surface area contributed by atoms with E-state index in [4.69, 9.17) is 0 Å². The van der Waals surface area contributed by atoms with Crippen molar-refractivity contribution in [1.82, 2.24) is 20.1 Å². The quantitative estimate of drug-likeness (QED) is 0.844. The molecule has 0 spiro atoms. The molecule has 0 bridgehead atoms. The molecule has 1 N–H and O–H groups in total. The Morgan fingerprint density at radius 3 is 3.20 bits per heavy atom. The van der Waals surface area contributed by atoms with Gasteiger partial charge in [0.15, 0.2) is 0 Å². The summed E-state index contributed by atoms with van der Waals surface area (Å²) in [6, 6.07) is 1.05. The summed E-state index contributed by atoms with van der Waals surface area (Å²) in [4.78, 5) is 4.28. The van der Waals surface area contributed by atoms with E-state index in [1.807, 2.05) is 16.4 Å². The molecule has 1 atom stereocenters. The van der Waals surface area contributed by atoms with Gasteiger partial charge in [-0.05, 0) is 26.0 Å². The van der Waals surface area contributed by atoms with E-state index < -0.39 is 0 Å². The zero-order chi connectivity index (χ0) is 10.7. The molecule has 1 aromatic rings. The third-order valence-corrected chi connectivity index (χ3v) is 3.78. The predicted octanol–water partition coefficient (Wildman–Crippen LogP) is 1.45. The molecule has 0 aliphatic carbocycles. The van der Waals surface area contributed by atoms with Gasteiger partial charge in [0, 0.05) is 17.8 Å². The van der Waals surface area contributed by atoms with Crippen molar-refractivity contribution < 1.29 is 0 Å². The van der Waals surface area contributed by atoms with E-state index in [-0.39, 0.29) is 0 Å². The molecular weight excluding hydrogens is 208 g/mol. The van der Waals surface area contributed by atoms with Crippen LogP contribution in [-0.2, 0) is 6.54 Å². The van der Waals surface area contributed by atoms with Gasteiger partial charge in [-0.2, -0.15) is 16.9 Å². The molecule has 1 unspecified atom stereocenters. The SMILES string of the molecule is CC(C)n1ncnc1CNC1CCSC1. The lowest BCUT2D eigenvalue weighted by molar-refractivity contribution is 0.471. The van der Waals surface area contributed by atoms with Gasteiger partial charge >= 0.3 is 0 Å². The highest BCUT2D eigenvalue weighted by molar-refractivity contribution is 7.99. The van der Waals surface area contributed by atoms with Crippen LogP contribution in [0.3, 0.4) is 0 Å². The van der Waals surface area contributed by atoms with Crippen molar-refractivity contribution in [2.75, 3.05) is 11.5 Å². The summed E-state index contributed by atoms with van der Waals surface area (Å²) in [5.41, 5.74) is 0. The van der Waals surface area contributed by atoms with Gasteiger partial charge in [-0.15, -0.1) is 0 Å². The zero-order valence-corrected chi connectivity index (χ0v) is 10.1. The minimum Gasteiger partial charge on any atom is -0.306 e. The van der Waals surface area contributed by atoms with E-state index in [1.54, 1.807) is 6.33 Å². The molecule has 5 heteroatoms. The number of rotatable bonds is 4. The van der Waals surface area contributed by atoms with Crippen LogP contribution in [0.25, 0.3) is 0 Å². The second-order valence-electron chi connectivity index (χ2n) is 4.16. The van der Waals surface area contributed by atoms with Gasteiger partial charge in [0.25, 0.3) is 0 Å². The highest BCUT2D eigenvalue weighted by atomic mass is 32.2. The molecule has 0 radical (unpaired) electrons. The Kier molecular flexibility index (Phi) is 3.64. The van der Waals surface area contributed by atoms with Crippen LogP contribution < -0.4 is 5.32 Å². The summed E-state index contributed by atoms with van der Waals surface area (Å²) in [6.45, 7) is 5.09. The first-order valence-corrected chi connectivity index (χ1v) is 6.62. The fourth-order valence-corrected chi connectivity index (χ4v) is 2.95. The Bertz CT molecular complexity index is 304. The maximum atomic E-state index is 4.28. The van der Waals surface area contributed by atoms with Gasteiger partial charge in [0.05, 0.1) is 6.54 Å². The van der Waals surface area contributed by atoms with Crippen LogP contribution in [0.5, 0.6) is 0 Å². The Hall–Kier alpha value is -0.550. The predicted molar refractivity (Wildman–Crippen MR) is 63.0 cm³/mol. The Labute approximate surface area is 94.8 Å². The highest BCUT2D eigenvalue weighted by Gasteiger charge is 2.16. The molecule has 2 heterocycles. The lowest BCUT2D eigenvalue weighted by Gasteiger charge is -2.13. The van der Waals surface area contributed by atoms with Crippen molar-refractivity contribution >= 4 is 11.8 Å². The molecule has 2 rings (SSSR count). The molecule has 1 aliphatic rings. The number of nitrogens with one attached hydrogen (secondary N) is 1. The smallest absolute Gasteiger partial charge is 0.141 e. The van der Waals surface area contributed by atoms with E-state index in [9.17, 15) is 0 Å². The van der Waals surface area contributed by atoms with Crippen molar-refractivity contribution in [3.05, 3.63) is 12.2 Å². The van der Waals surface area contributed by atoms with Gasteiger partial charge in [0.1, 0.15) is 12.2 Å². The Morgan fingerprint density at radius 2 is 2.53 bits per heavy atom. The molecule has 4 nitrogen and oxygen atoms in total. The molecule has 0 saturated carbocycles. The summed E-state index contributed by atoms with van der Waals surface area (Å²) < 4.78 is 1.98. The molecule has 1 fully saturated rings. The molecule has 15 heavy (non-hydrogen) atoms. The van der Waals surface area contributed by atoms with Crippen molar-refractivity contribution in [1.29, 1.82) is 0 Å². The molecule has 1 aliphatic heterocycles. The van der Waals surface area contributed by atoms with Crippen LogP contribution in [0, 0.1) is 0 Å². The van der Waals surface area contributed by atoms with Crippen molar-refractivity contribution in [2.45, 2.75) is 38.9 Å². The average Bonchev–Trinajstić information content (AvgIpc) is 2.86. The molecule has 0 aromatic carbocycles. The average molecular weight is 226 g/mol. The Balaban J connectivity index is 1.89. The van der Waals surface area contributed by atoms with Gasteiger partial charge in [-0.25, -0.2) is 9.67 Å². The maximum Gasteiger partial charge on any atom is 0.141 e. The topological polar surface area (TPSA) is 42.7 Å². The van der Waals surface area contributed by atoms with E-state index in [1.165, 1.54) is 17.9 Å². The molecule has 1 aromatic heterocycles. The van der Waals surface area contributed by atoms with Crippen LogP contribution >= 0.6 is 11.8 Å². The first-order chi connectivity index (χ1) is 7.27. The van der Waals surface area contributed by atoms with Crippen LogP contribution in [0.15, 0.2) is 6.33 Å². The van der Waals surface area contributed by atoms with Crippen LogP contribution in [-0.4, -0.2) is 32.3 Å². The van der Waals surface area contributed by atoms with Crippen LogP contribution in [0.1, 0.15) is 32.1 Å². The van der Waals surface area contributed by atoms with Gasteiger partial charge in [-0.1, -0.05) is 0 Å². The number of aromatic nitrogens is 3. The standard InChI is InChI=1S/C10H18N4S/c1-8(2)14-10(12-7-13-14)5-11-9-3-4-15-6-9/h7-9,11H,3-6H2,1-2H3. The van der Waals surface area contributed by atoms with Crippen molar-refractivity contribution in [3.8, 4) is 0 Å². The highest BCUT2D eigenvalue weighted by Crippen LogP contribution is 2.17. The van der Waals surface area contributed by atoms with Gasteiger partial charge in [-0.3, -0.25) is 0 Å². The van der Waals surface area contributed by atoms with Crippen LogP contribution in [0.4, 0.5) is 0 Å². The van der Waals surface area contributed by atoms with Crippen molar-refractivity contribution in [3.63, 3.8) is 0 Å². The molecule has 0 amide bonds. The van der Waals surface area contributed by atoms with E-state index >= 15 is 0 Å². The lowest BCUT2D eigenvalue weighted by Crippen LogP contribution is -2.29. The van der Waals surface area contributed by atoms with Crippen LogP contribution in [0.2, 0.25) is 0 Å². The summed E-state index contributed by atoms with van der Waals surface area (Å²) in [7, 11) is 0. The first-order valence-electron chi connectivity index (χ1n) is 5.47. The second kappa shape index (κ2) is 4.99. The summed E-state index contributed by atoms with van der Waals surface area (Å²) in [6.07, 6.45) is 2.92. The summed E-state index contributed by atoms with van der Waals surface area (Å²) >= 11 is 2.02. The number of hydrogen-bond acceptors (Lipinski definition) is 4. The van der Waals surface area contributed by atoms with Crippen molar-refractivity contribution in [2.24, 2.45) is 0 Å². The molecule has 84 valence electrons. The second-order valence-corrected chi connectivity index (χ2v) is 5.31. The summed E-state index contributed by atoms with van der Waals surface area (Å²) in [5, 5.41) is 7.76. The Morgan fingerprint density at radius 1 is 1.67 bits per heavy atom. The lowest BCUT2D eigenvalue weighted by atomic mass is 10.2. The largest absolute Gasteiger partial charge is 0.306 e. The van der Waals surface area contributed by atoms with E-state index in [2.05, 4.69) is 29.2 Å². The summed E-state index contributed by atoms with van der Waals surface area (Å²) in [5.74, 6) is 3.56. The zero-order valence-electron chi connectivity index (χ0n) is 9.31. The third kappa shape index (κ3) is 2.72. The minimum absolute atomic E-state index is 0.391. The first kappa shape index (κ1) is 11.0. The number of hydrogen-bond donors (Lipinski definition) is 1. The molecular formula is C10H18N4S. The number of thioether (sulfide) groups is 1. The third-order valence-electron chi connectivity index (χ3n) is 2.61. The van der Waals surface area contributed by atoms with Gasteiger partial charge < -0.3 is 5.32 Å². The van der Waals surface area contributed by atoms with E-state index in [0.717, 1.165) is 12.4 Å². The number of nitrogens with zero attached hydrogens (tertiary/aromatic N) is 3. The normalized spacial score (nSPS) is 21.4. The minimum atomic E-state index is 0.391. The fraction of sp³-hybridized carbons (Fsp3) is 0.800. The van der Waals surface area contributed by atoms with E-state index in [0.29, 0.717) is 12.1 Å². The molecule has 1 saturated heterocycles. The monoisotopic (exact) mass is 226 g/mol. The maximum absolute atomic E-state index is 4.28. The van der Waals surface area contributed by atoms with Gasteiger partial charge in [0.2, 0.25) is 0 Å².